The van der Waals surface area contributed by atoms with Gasteiger partial charge in [0, 0.05) is 13.6 Å². The fourth-order valence-corrected chi connectivity index (χ4v) is 2.79. The standard InChI is InChI=1S/C13H20N6/c1-9-4-3-5-19(7-9)8-11-16-12(14)10-6-15-18(2)13(10)17-11/h6,9H,3-5,7-8H2,1-2H3,(H2,14,16,17). The van der Waals surface area contributed by atoms with Gasteiger partial charge in [0.2, 0.25) is 0 Å². The summed E-state index contributed by atoms with van der Waals surface area (Å²) < 4.78 is 1.75. The molecule has 0 aromatic carbocycles. The van der Waals surface area contributed by atoms with E-state index in [2.05, 4.69) is 26.9 Å². The molecule has 0 aliphatic carbocycles. The van der Waals surface area contributed by atoms with Crippen LogP contribution in [0.15, 0.2) is 6.20 Å². The van der Waals surface area contributed by atoms with E-state index in [9.17, 15) is 0 Å². The number of aryl methyl sites for hydroxylation is 1. The number of aromatic nitrogens is 4. The topological polar surface area (TPSA) is 72.9 Å². The first-order chi connectivity index (χ1) is 9.13. The molecule has 1 unspecified atom stereocenters. The molecule has 19 heavy (non-hydrogen) atoms. The minimum absolute atomic E-state index is 0.526. The first-order valence-corrected chi connectivity index (χ1v) is 6.80. The van der Waals surface area contributed by atoms with Crippen LogP contribution in [0.4, 0.5) is 5.82 Å². The molecule has 0 radical (unpaired) electrons. The zero-order valence-electron chi connectivity index (χ0n) is 11.5. The van der Waals surface area contributed by atoms with Crippen molar-refractivity contribution in [2.75, 3.05) is 18.8 Å². The van der Waals surface area contributed by atoms with E-state index in [4.69, 9.17) is 5.73 Å². The highest BCUT2D eigenvalue weighted by atomic mass is 15.3. The molecule has 6 heteroatoms. The number of fused-ring (bicyclic) bond motifs is 1. The summed E-state index contributed by atoms with van der Waals surface area (Å²) in [6.45, 7) is 5.31. The second-order valence-electron chi connectivity index (χ2n) is 5.51. The van der Waals surface area contributed by atoms with Crippen LogP contribution in [0.5, 0.6) is 0 Å². The van der Waals surface area contributed by atoms with Crippen LogP contribution in [-0.4, -0.2) is 37.7 Å². The zero-order valence-corrected chi connectivity index (χ0v) is 11.5. The van der Waals surface area contributed by atoms with Crippen molar-refractivity contribution in [3.05, 3.63) is 12.0 Å². The molecule has 0 bridgehead atoms. The van der Waals surface area contributed by atoms with Crippen LogP contribution < -0.4 is 5.73 Å². The molecular weight excluding hydrogens is 240 g/mol. The highest BCUT2D eigenvalue weighted by Crippen LogP contribution is 2.20. The number of hydrogen-bond donors (Lipinski definition) is 1. The Balaban J connectivity index is 1.86. The van der Waals surface area contributed by atoms with Crippen LogP contribution in [0.3, 0.4) is 0 Å². The molecular formula is C13H20N6. The summed E-state index contributed by atoms with van der Waals surface area (Å²) >= 11 is 0. The van der Waals surface area contributed by atoms with Crippen molar-refractivity contribution in [3.8, 4) is 0 Å². The molecule has 6 nitrogen and oxygen atoms in total. The molecule has 0 amide bonds. The highest BCUT2D eigenvalue weighted by Gasteiger charge is 2.18. The van der Waals surface area contributed by atoms with Gasteiger partial charge in [0.1, 0.15) is 11.6 Å². The van der Waals surface area contributed by atoms with E-state index >= 15 is 0 Å². The van der Waals surface area contributed by atoms with Crippen LogP contribution in [0, 0.1) is 5.92 Å². The van der Waals surface area contributed by atoms with Gasteiger partial charge in [-0.1, -0.05) is 6.92 Å². The van der Waals surface area contributed by atoms with Gasteiger partial charge >= 0.3 is 0 Å². The van der Waals surface area contributed by atoms with Crippen molar-refractivity contribution in [3.63, 3.8) is 0 Å². The van der Waals surface area contributed by atoms with Crippen LogP contribution in [0.25, 0.3) is 11.0 Å². The fourth-order valence-electron chi connectivity index (χ4n) is 2.79. The van der Waals surface area contributed by atoms with Crippen LogP contribution in [-0.2, 0) is 13.6 Å². The largest absolute Gasteiger partial charge is 0.383 e. The molecule has 1 saturated heterocycles. The van der Waals surface area contributed by atoms with Gasteiger partial charge in [-0.3, -0.25) is 9.58 Å². The van der Waals surface area contributed by atoms with Gasteiger partial charge in [0.25, 0.3) is 0 Å². The molecule has 1 fully saturated rings. The molecule has 2 N–H and O–H groups in total. The van der Waals surface area contributed by atoms with Crippen LogP contribution in [0.1, 0.15) is 25.6 Å². The zero-order chi connectivity index (χ0) is 13.4. The molecule has 2 aromatic heterocycles. The fraction of sp³-hybridized carbons (Fsp3) is 0.615. The van der Waals surface area contributed by atoms with E-state index in [-0.39, 0.29) is 0 Å². The summed E-state index contributed by atoms with van der Waals surface area (Å²) in [6.07, 6.45) is 4.29. The Morgan fingerprint density at radius 1 is 1.42 bits per heavy atom. The number of nitrogens with zero attached hydrogens (tertiary/aromatic N) is 5. The third-order valence-corrected chi connectivity index (χ3v) is 3.77. The minimum atomic E-state index is 0.526. The molecule has 1 aliphatic heterocycles. The predicted octanol–water partition coefficient (Wildman–Crippen LogP) is 1.18. The summed E-state index contributed by atoms with van der Waals surface area (Å²) in [5.74, 6) is 2.08. The van der Waals surface area contributed by atoms with Crippen LogP contribution in [0.2, 0.25) is 0 Å². The smallest absolute Gasteiger partial charge is 0.163 e. The number of nitrogen functional groups attached to an aromatic ring is 1. The summed E-state index contributed by atoms with van der Waals surface area (Å²) in [7, 11) is 1.88. The lowest BCUT2D eigenvalue weighted by Gasteiger charge is -2.30. The highest BCUT2D eigenvalue weighted by molar-refractivity contribution is 5.84. The van der Waals surface area contributed by atoms with Crippen molar-refractivity contribution in [1.82, 2.24) is 24.6 Å². The number of rotatable bonds is 2. The second kappa shape index (κ2) is 4.77. The van der Waals surface area contributed by atoms with Crippen molar-refractivity contribution < 1.29 is 0 Å². The Labute approximate surface area is 112 Å². The predicted molar refractivity (Wildman–Crippen MR) is 74.4 cm³/mol. The number of piperidine rings is 1. The molecule has 3 heterocycles. The van der Waals surface area contributed by atoms with Gasteiger partial charge in [0.15, 0.2) is 5.65 Å². The van der Waals surface area contributed by atoms with Gasteiger partial charge in [-0.2, -0.15) is 5.10 Å². The third-order valence-electron chi connectivity index (χ3n) is 3.77. The summed E-state index contributed by atoms with van der Waals surface area (Å²) in [5.41, 5.74) is 6.79. The van der Waals surface area contributed by atoms with E-state index in [1.165, 1.54) is 12.8 Å². The molecule has 1 aliphatic rings. The summed E-state index contributed by atoms with van der Waals surface area (Å²) in [4.78, 5) is 11.4. The maximum Gasteiger partial charge on any atom is 0.163 e. The Hall–Kier alpha value is -1.69. The summed E-state index contributed by atoms with van der Waals surface area (Å²) in [6, 6.07) is 0. The van der Waals surface area contributed by atoms with E-state index in [0.29, 0.717) is 5.82 Å². The average Bonchev–Trinajstić information content (AvgIpc) is 2.72. The van der Waals surface area contributed by atoms with E-state index < -0.39 is 0 Å². The SMILES string of the molecule is CC1CCCN(Cc2nc(N)c3cnn(C)c3n2)C1. The first-order valence-electron chi connectivity index (χ1n) is 6.80. The number of nitrogens with two attached hydrogens (primary N) is 1. The van der Waals surface area contributed by atoms with Crippen molar-refractivity contribution in [2.45, 2.75) is 26.3 Å². The van der Waals surface area contributed by atoms with Gasteiger partial charge in [-0.05, 0) is 25.3 Å². The lowest BCUT2D eigenvalue weighted by molar-refractivity contribution is 0.173. The molecule has 1 atom stereocenters. The lowest BCUT2D eigenvalue weighted by Crippen LogP contribution is -2.34. The van der Waals surface area contributed by atoms with Gasteiger partial charge in [-0.25, -0.2) is 9.97 Å². The molecule has 0 spiro atoms. The molecule has 102 valence electrons. The molecule has 2 aromatic rings. The van der Waals surface area contributed by atoms with E-state index in [1.807, 2.05) is 7.05 Å². The lowest BCUT2D eigenvalue weighted by atomic mass is 10.0. The normalized spacial score (nSPS) is 21.1. The minimum Gasteiger partial charge on any atom is -0.383 e. The van der Waals surface area contributed by atoms with E-state index in [0.717, 1.165) is 42.4 Å². The first kappa shape index (κ1) is 12.3. The monoisotopic (exact) mass is 260 g/mol. The van der Waals surface area contributed by atoms with Crippen molar-refractivity contribution in [2.24, 2.45) is 13.0 Å². The Bertz CT molecular complexity index is 590. The average molecular weight is 260 g/mol. The third kappa shape index (κ3) is 2.40. The molecule has 3 rings (SSSR count). The quantitative estimate of drug-likeness (QED) is 0.877. The molecule has 0 saturated carbocycles. The summed E-state index contributed by atoms with van der Waals surface area (Å²) in [5, 5.41) is 5.01. The maximum absolute atomic E-state index is 5.98. The van der Waals surface area contributed by atoms with Crippen molar-refractivity contribution >= 4 is 16.9 Å². The number of likely N-dealkylation sites (tertiary alicyclic amines) is 1. The second-order valence-corrected chi connectivity index (χ2v) is 5.51. The van der Waals surface area contributed by atoms with Crippen LogP contribution >= 0.6 is 0 Å². The van der Waals surface area contributed by atoms with Gasteiger partial charge < -0.3 is 5.73 Å². The maximum atomic E-state index is 5.98. The van der Waals surface area contributed by atoms with Crippen molar-refractivity contribution in [1.29, 1.82) is 0 Å². The van der Waals surface area contributed by atoms with E-state index in [1.54, 1.807) is 10.9 Å². The Morgan fingerprint density at radius 2 is 2.26 bits per heavy atom. The Morgan fingerprint density at radius 3 is 3.05 bits per heavy atom. The van der Waals surface area contributed by atoms with Gasteiger partial charge in [0.05, 0.1) is 18.1 Å². The number of hydrogen-bond acceptors (Lipinski definition) is 5. The number of anilines is 1. The van der Waals surface area contributed by atoms with Gasteiger partial charge in [-0.15, -0.1) is 0 Å². The Kier molecular flexibility index (Phi) is 3.10.